The van der Waals surface area contributed by atoms with Gasteiger partial charge in [0.2, 0.25) is 5.91 Å². The topological polar surface area (TPSA) is 33.5 Å². The van der Waals surface area contributed by atoms with E-state index in [0.29, 0.717) is 6.54 Å². The molecule has 1 aliphatic rings. The smallest absolute Gasteiger partial charge is 0.247 e. The zero-order chi connectivity index (χ0) is 16.5. The molecule has 3 aromatic heterocycles. The van der Waals surface area contributed by atoms with Gasteiger partial charge in [0.15, 0.2) is 0 Å². The molecule has 0 aliphatic carbocycles. The zero-order valence-corrected chi connectivity index (χ0v) is 15.0. The monoisotopic (exact) mass is 375 g/mol. The van der Waals surface area contributed by atoms with Crippen molar-refractivity contribution >= 4 is 46.3 Å². The van der Waals surface area contributed by atoms with E-state index < -0.39 is 0 Å². The van der Waals surface area contributed by atoms with Crippen LogP contribution in [0.5, 0.6) is 0 Å². The number of nitrogens with zero attached hydrogens (tertiary/aromatic N) is 1. The van der Waals surface area contributed by atoms with Crippen LogP contribution < -0.4 is 0 Å². The maximum atomic E-state index is 12.8. The molecule has 1 unspecified atom stereocenters. The van der Waals surface area contributed by atoms with Crippen molar-refractivity contribution in [2.75, 3.05) is 6.54 Å². The molecular weight excluding hydrogens is 362 g/mol. The van der Waals surface area contributed by atoms with Gasteiger partial charge in [0.1, 0.15) is 6.04 Å². The first-order valence-corrected chi connectivity index (χ1v) is 9.62. The molecule has 4 heterocycles. The predicted octanol–water partition coefficient (Wildman–Crippen LogP) is 5.24. The van der Waals surface area contributed by atoms with E-state index in [4.69, 9.17) is 16.0 Å². The predicted molar refractivity (Wildman–Crippen MR) is 98.7 cm³/mol. The summed E-state index contributed by atoms with van der Waals surface area (Å²) in [5, 5.41) is 2.10. The van der Waals surface area contributed by atoms with Gasteiger partial charge in [-0.3, -0.25) is 4.79 Å². The normalized spacial score (nSPS) is 17.4. The Hall–Kier alpha value is -1.82. The van der Waals surface area contributed by atoms with E-state index >= 15 is 0 Å². The molecule has 0 fully saturated rings. The van der Waals surface area contributed by atoms with Crippen molar-refractivity contribution in [3.8, 4) is 0 Å². The summed E-state index contributed by atoms with van der Waals surface area (Å²) in [5.74, 6) is 0.00442. The van der Waals surface area contributed by atoms with Gasteiger partial charge in [0.05, 0.1) is 16.9 Å². The summed E-state index contributed by atoms with van der Waals surface area (Å²) >= 11 is 9.37. The van der Waals surface area contributed by atoms with Gasteiger partial charge in [0, 0.05) is 27.9 Å². The lowest BCUT2D eigenvalue weighted by atomic mass is 10.00. The van der Waals surface area contributed by atoms with Crippen molar-refractivity contribution in [2.45, 2.75) is 12.5 Å². The third kappa shape index (κ3) is 2.95. The summed E-state index contributed by atoms with van der Waals surface area (Å²) in [6, 6.07) is 7.85. The Morgan fingerprint density at radius 3 is 3.00 bits per heavy atom. The molecule has 6 heteroatoms. The quantitative estimate of drug-likeness (QED) is 0.586. The van der Waals surface area contributed by atoms with Gasteiger partial charge >= 0.3 is 0 Å². The second-order valence-electron chi connectivity index (χ2n) is 5.53. The van der Waals surface area contributed by atoms with Gasteiger partial charge in [-0.2, -0.15) is 0 Å². The largest absolute Gasteiger partial charge is 0.472 e. The zero-order valence-electron chi connectivity index (χ0n) is 12.6. The highest BCUT2D eigenvalue weighted by molar-refractivity contribution is 7.16. The van der Waals surface area contributed by atoms with Crippen LogP contribution in [0.15, 0.2) is 52.7 Å². The SMILES string of the molecule is O=C(/C=C/c1ccoc1)N1CCc2ccsc2C1c1ccc(Cl)s1. The standard InChI is InChI=1S/C18H14ClNO2S2/c19-15-3-2-14(24-15)17-18-13(7-10-23-18)5-8-20(17)16(21)4-1-12-6-9-22-11-12/h1-4,6-7,9-11,17H,5,8H2/b4-1+. The molecule has 0 radical (unpaired) electrons. The Labute approximate surface area is 152 Å². The Kier molecular flexibility index (Phi) is 4.31. The molecule has 0 aromatic carbocycles. The van der Waals surface area contributed by atoms with Crippen LogP contribution in [0, 0.1) is 0 Å². The molecule has 0 saturated carbocycles. The molecule has 0 bridgehead atoms. The first kappa shape index (κ1) is 15.7. The Balaban J connectivity index is 1.67. The van der Waals surface area contributed by atoms with Crippen molar-refractivity contribution in [3.05, 3.63) is 73.5 Å². The molecule has 3 aromatic rings. The second-order valence-corrected chi connectivity index (χ2v) is 8.22. The number of carbonyl (C=O) groups excluding carboxylic acids is 1. The van der Waals surface area contributed by atoms with Crippen molar-refractivity contribution in [3.63, 3.8) is 0 Å². The number of amides is 1. The fourth-order valence-corrected chi connectivity index (χ4v) is 5.28. The lowest BCUT2D eigenvalue weighted by Crippen LogP contribution is -2.38. The van der Waals surface area contributed by atoms with Gasteiger partial charge < -0.3 is 9.32 Å². The van der Waals surface area contributed by atoms with Crippen LogP contribution in [0.4, 0.5) is 0 Å². The molecule has 4 rings (SSSR count). The minimum Gasteiger partial charge on any atom is -0.472 e. The maximum absolute atomic E-state index is 12.8. The minimum atomic E-state index is -0.0484. The van der Waals surface area contributed by atoms with E-state index in [1.807, 2.05) is 23.1 Å². The van der Waals surface area contributed by atoms with Gasteiger partial charge in [-0.1, -0.05) is 11.6 Å². The van der Waals surface area contributed by atoms with Crippen molar-refractivity contribution in [1.29, 1.82) is 0 Å². The number of halogens is 1. The summed E-state index contributed by atoms with van der Waals surface area (Å²) in [4.78, 5) is 17.1. The van der Waals surface area contributed by atoms with Crippen molar-refractivity contribution in [2.24, 2.45) is 0 Å². The highest BCUT2D eigenvalue weighted by Crippen LogP contribution is 2.41. The molecule has 122 valence electrons. The minimum absolute atomic E-state index is 0.00442. The average Bonchev–Trinajstić information content (AvgIpc) is 3.32. The summed E-state index contributed by atoms with van der Waals surface area (Å²) in [6.45, 7) is 0.707. The molecule has 3 nitrogen and oxygen atoms in total. The molecule has 0 saturated heterocycles. The fraction of sp³-hybridized carbons (Fsp3) is 0.167. The number of thiophene rings is 2. The first-order valence-electron chi connectivity index (χ1n) is 7.55. The van der Waals surface area contributed by atoms with Crippen LogP contribution in [0.2, 0.25) is 4.34 Å². The van der Waals surface area contributed by atoms with Crippen molar-refractivity contribution < 1.29 is 9.21 Å². The summed E-state index contributed by atoms with van der Waals surface area (Å²) in [7, 11) is 0. The third-order valence-electron chi connectivity index (χ3n) is 4.07. The second kappa shape index (κ2) is 6.59. The third-order valence-corrected chi connectivity index (χ3v) is 6.37. The number of hydrogen-bond donors (Lipinski definition) is 0. The molecule has 0 spiro atoms. The number of carbonyl (C=O) groups is 1. The Bertz CT molecular complexity index is 879. The lowest BCUT2D eigenvalue weighted by Gasteiger charge is -2.34. The fourth-order valence-electron chi connectivity index (χ4n) is 2.93. The molecule has 1 atom stereocenters. The van der Waals surface area contributed by atoms with E-state index in [-0.39, 0.29) is 11.9 Å². The van der Waals surface area contributed by atoms with E-state index in [1.54, 1.807) is 36.0 Å². The molecule has 1 amide bonds. The van der Waals surface area contributed by atoms with E-state index in [9.17, 15) is 4.79 Å². The molecule has 1 aliphatic heterocycles. The maximum Gasteiger partial charge on any atom is 0.247 e. The summed E-state index contributed by atoms with van der Waals surface area (Å²) in [6.07, 6.45) is 7.51. The number of fused-ring (bicyclic) bond motifs is 1. The number of rotatable bonds is 3. The highest BCUT2D eigenvalue weighted by Gasteiger charge is 2.33. The molecule has 0 N–H and O–H groups in total. The van der Waals surface area contributed by atoms with Gasteiger partial charge in [0.25, 0.3) is 0 Å². The van der Waals surface area contributed by atoms with Gasteiger partial charge in [-0.05, 0) is 47.7 Å². The Morgan fingerprint density at radius 1 is 1.33 bits per heavy atom. The van der Waals surface area contributed by atoms with E-state index in [0.717, 1.165) is 21.2 Å². The summed E-state index contributed by atoms with van der Waals surface area (Å²) in [5.41, 5.74) is 2.21. The highest BCUT2D eigenvalue weighted by atomic mass is 35.5. The van der Waals surface area contributed by atoms with Crippen LogP contribution in [0.1, 0.15) is 26.9 Å². The summed E-state index contributed by atoms with van der Waals surface area (Å²) < 4.78 is 5.78. The van der Waals surface area contributed by atoms with Crippen LogP contribution in [0.3, 0.4) is 0 Å². The first-order chi connectivity index (χ1) is 11.7. The molecular formula is C18H14ClNO2S2. The number of hydrogen-bond acceptors (Lipinski definition) is 4. The van der Waals surface area contributed by atoms with E-state index in [2.05, 4.69) is 11.4 Å². The van der Waals surface area contributed by atoms with Crippen molar-refractivity contribution in [1.82, 2.24) is 4.90 Å². The van der Waals surface area contributed by atoms with Crippen LogP contribution >= 0.6 is 34.3 Å². The van der Waals surface area contributed by atoms with Crippen LogP contribution in [0.25, 0.3) is 6.08 Å². The lowest BCUT2D eigenvalue weighted by molar-refractivity contribution is -0.127. The molecule has 24 heavy (non-hydrogen) atoms. The van der Waals surface area contributed by atoms with Crippen LogP contribution in [-0.2, 0) is 11.2 Å². The average molecular weight is 376 g/mol. The van der Waals surface area contributed by atoms with Gasteiger partial charge in [-0.25, -0.2) is 0 Å². The number of furan rings is 1. The van der Waals surface area contributed by atoms with Crippen LogP contribution in [-0.4, -0.2) is 17.4 Å². The van der Waals surface area contributed by atoms with E-state index in [1.165, 1.54) is 21.8 Å². The van der Waals surface area contributed by atoms with Gasteiger partial charge in [-0.15, -0.1) is 22.7 Å². The Morgan fingerprint density at radius 2 is 2.25 bits per heavy atom.